The van der Waals surface area contributed by atoms with Crippen LogP contribution < -0.4 is 5.73 Å². The van der Waals surface area contributed by atoms with E-state index in [2.05, 4.69) is 0 Å². The van der Waals surface area contributed by atoms with Crippen molar-refractivity contribution in [2.75, 3.05) is 13.1 Å². The standard InChI is InChI=1S/C13H24N2O.ClH/c1-9(2)12(14)13(16)15(7-10-3-4-10)8-11-5-6-11;/h9-12H,3-8,14H2,1-2H3;1H/t12-;/m0./s1. The minimum absolute atomic E-state index is 0. The first-order chi connectivity index (χ1) is 7.58. The molecule has 0 aromatic rings. The molecular weight excluding hydrogens is 236 g/mol. The monoisotopic (exact) mass is 260 g/mol. The molecule has 100 valence electrons. The molecule has 4 heteroatoms. The summed E-state index contributed by atoms with van der Waals surface area (Å²) in [4.78, 5) is 14.3. The van der Waals surface area contributed by atoms with Gasteiger partial charge in [-0.3, -0.25) is 4.79 Å². The largest absolute Gasteiger partial charge is 0.341 e. The number of hydrogen-bond acceptors (Lipinski definition) is 2. The lowest BCUT2D eigenvalue weighted by Gasteiger charge is -2.27. The molecule has 2 fully saturated rings. The predicted octanol–water partition coefficient (Wildman–Crippen LogP) is 2.04. The van der Waals surface area contributed by atoms with Gasteiger partial charge in [-0.05, 0) is 43.4 Å². The van der Waals surface area contributed by atoms with E-state index in [1.807, 2.05) is 18.7 Å². The average Bonchev–Trinajstić information content (AvgIpc) is 3.08. The van der Waals surface area contributed by atoms with Crippen molar-refractivity contribution in [1.82, 2.24) is 4.90 Å². The number of halogens is 1. The van der Waals surface area contributed by atoms with Gasteiger partial charge in [-0.15, -0.1) is 12.4 Å². The van der Waals surface area contributed by atoms with Crippen LogP contribution in [0.15, 0.2) is 0 Å². The second-order valence-corrected chi connectivity index (χ2v) is 5.90. The van der Waals surface area contributed by atoms with Gasteiger partial charge < -0.3 is 10.6 Å². The zero-order chi connectivity index (χ0) is 11.7. The number of hydrogen-bond donors (Lipinski definition) is 1. The van der Waals surface area contributed by atoms with Crippen LogP contribution >= 0.6 is 12.4 Å². The Morgan fingerprint density at radius 2 is 1.59 bits per heavy atom. The third kappa shape index (κ3) is 4.47. The molecule has 17 heavy (non-hydrogen) atoms. The summed E-state index contributed by atoms with van der Waals surface area (Å²) in [5, 5.41) is 0. The molecule has 2 aliphatic carbocycles. The Hall–Kier alpha value is -0.280. The summed E-state index contributed by atoms with van der Waals surface area (Å²) in [7, 11) is 0. The van der Waals surface area contributed by atoms with Crippen molar-refractivity contribution in [2.45, 2.75) is 45.6 Å². The minimum Gasteiger partial charge on any atom is -0.341 e. The average molecular weight is 261 g/mol. The van der Waals surface area contributed by atoms with E-state index in [9.17, 15) is 4.79 Å². The fourth-order valence-electron chi connectivity index (χ4n) is 1.97. The van der Waals surface area contributed by atoms with Crippen LogP contribution in [0.3, 0.4) is 0 Å². The molecule has 0 heterocycles. The molecule has 0 aromatic heterocycles. The molecule has 3 nitrogen and oxygen atoms in total. The Morgan fingerprint density at radius 1 is 1.18 bits per heavy atom. The van der Waals surface area contributed by atoms with Gasteiger partial charge in [0.15, 0.2) is 0 Å². The molecule has 0 bridgehead atoms. The van der Waals surface area contributed by atoms with Crippen molar-refractivity contribution >= 4 is 18.3 Å². The lowest BCUT2D eigenvalue weighted by atomic mass is 10.0. The van der Waals surface area contributed by atoms with Crippen LogP contribution in [0.5, 0.6) is 0 Å². The molecule has 0 aliphatic heterocycles. The zero-order valence-electron chi connectivity index (χ0n) is 10.9. The fraction of sp³-hybridized carbons (Fsp3) is 0.923. The topological polar surface area (TPSA) is 46.3 Å². The van der Waals surface area contributed by atoms with Gasteiger partial charge in [0.2, 0.25) is 5.91 Å². The Labute approximate surface area is 111 Å². The van der Waals surface area contributed by atoms with Crippen LogP contribution in [0.2, 0.25) is 0 Å². The molecule has 1 atom stereocenters. The highest BCUT2D eigenvalue weighted by molar-refractivity contribution is 5.85. The van der Waals surface area contributed by atoms with Crippen molar-refractivity contribution < 1.29 is 4.79 Å². The van der Waals surface area contributed by atoms with E-state index in [0.29, 0.717) is 0 Å². The van der Waals surface area contributed by atoms with E-state index >= 15 is 0 Å². The maximum absolute atomic E-state index is 12.2. The summed E-state index contributed by atoms with van der Waals surface area (Å²) >= 11 is 0. The maximum atomic E-state index is 12.2. The van der Waals surface area contributed by atoms with Gasteiger partial charge >= 0.3 is 0 Å². The van der Waals surface area contributed by atoms with Crippen molar-refractivity contribution in [2.24, 2.45) is 23.5 Å². The normalized spacial score (nSPS) is 20.9. The fourth-order valence-corrected chi connectivity index (χ4v) is 1.97. The second kappa shape index (κ2) is 6.05. The van der Waals surface area contributed by atoms with E-state index in [4.69, 9.17) is 5.73 Å². The highest BCUT2D eigenvalue weighted by Crippen LogP contribution is 2.34. The van der Waals surface area contributed by atoms with E-state index in [-0.39, 0.29) is 30.3 Å². The SMILES string of the molecule is CC(C)[C@H](N)C(=O)N(CC1CC1)CC1CC1.Cl. The number of nitrogens with zero attached hydrogens (tertiary/aromatic N) is 1. The van der Waals surface area contributed by atoms with Crippen LogP contribution in [0, 0.1) is 17.8 Å². The molecule has 0 radical (unpaired) electrons. The maximum Gasteiger partial charge on any atom is 0.239 e. The molecule has 0 spiro atoms. The number of nitrogens with two attached hydrogens (primary N) is 1. The lowest BCUT2D eigenvalue weighted by molar-refractivity contribution is -0.134. The van der Waals surface area contributed by atoms with Gasteiger partial charge in [0.05, 0.1) is 6.04 Å². The first-order valence-corrected chi connectivity index (χ1v) is 6.62. The lowest BCUT2D eigenvalue weighted by Crippen LogP contribution is -2.47. The van der Waals surface area contributed by atoms with Crippen LogP contribution in [-0.2, 0) is 4.79 Å². The Kier molecular flexibility index (Phi) is 5.26. The molecule has 0 unspecified atom stereocenters. The van der Waals surface area contributed by atoms with Gasteiger partial charge in [-0.2, -0.15) is 0 Å². The molecule has 2 saturated carbocycles. The molecule has 1 amide bonds. The summed E-state index contributed by atoms with van der Waals surface area (Å²) in [6.07, 6.45) is 5.19. The van der Waals surface area contributed by atoms with Crippen LogP contribution in [0.25, 0.3) is 0 Å². The van der Waals surface area contributed by atoms with Crippen LogP contribution in [0.4, 0.5) is 0 Å². The van der Waals surface area contributed by atoms with Crippen molar-refractivity contribution in [1.29, 1.82) is 0 Å². The van der Waals surface area contributed by atoms with Gasteiger partial charge in [0, 0.05) is 13.1 Å². The highest BCUT2D eigenvalue weighted by Gasteiger charge is 2.33. The summed E-state index contributed by atoms with van der Waals surface area (Å²) in [6.45, 7) is 5.95. The van der Waals surface area contributed by atoms with E-state index in [0.717, 1.165) is 24.9 Å². The molecule has 0 aromatic carbocycles. The first kappa shape index (κ1) is 14.8. The third-order valence-corrected chi connectivity index (χ3v) is 3.67. The summed E-state index contributed by atoms with van der Waals surface area (Å²) in [5.41, 5.74) is 5.96. The molecule has 2 aliphatic rings. The van der Waals surface area contributed by atoms with Crippen molar-refractivity contribution in [3.63, 3.8) is 0 Å². The smallest absolute Gasteiger partial charge is 0.239 e. The predicted molar refractivity (Wildman–Crippen MR) is 72.1 cm³/mol. The molecule has 0 saturated heterocycles. The van der Waals surface area contributed by atoms with E-state index in [1.165, 1.54) is 25.7 Å². The molecule has 2 N–H and O–H groups in total. The second-order valence-electron chi connectivity index (χ2n) is 5.90. The summed E-state index contributed by atoms with van der Waals surface area (Å²) < 4.78 is 0. The van der Waals surface area contributed by atoms with E-state index < -0.39 is 0 Å². The van der Waals surface area contributed by atoms with Crippen LogP contribution in [-0.4, -0.2) is 29.9 Å². The molecular formula is C13H25ClN2O. The third-order valence-electron chi connectivity index (χ3n) is 3.67. The highest BCUT2D eigenvalue weighted by atomic mass is 35.5. The Balaban J connectivity index is 0.00000144. The summed E-state index contributed by atoms with van der Waals surface area (Å²) in [6, 6.07) is -0.308. The van der Waals surface area contributed by atoms with Gasteiger partial charge in [0.1, 0.15) is 0 Å². The zero-order valence-corrected chi connectivity index (χ0v) is 11.7. The Morgan fingerprint density at radius 3 is 1.88 bits per heavy atom. The quantitative estimate of drug-likeness (QED) is 0.795. The number of carbonyl (C=O) groups is 1. The molecule has 2 rings (SSSR count). The minimum atomic E-state index is -0.308. The Bertz CT molecular complexity index is 248. The van der Waals surface area contributed by atoms with Crippen molar-refractivity contribution in [3.05, 3.63) is 0 Å². The van der Waals surface area contributed by atoms with Crippen molar-refractivity contribution in [3.8, 4) is 0 Å². The van der Waals surface area contributed by atoms with Gasteiger partial charge in [-0.1, -0.05) is 13.8 Å². The van der Waals surface area contributed by atoms with Gasteiger partial charge in [0.25, 0.3) is 0 Å². The summed E-state index contributed by atoms with van der Waals surface area (Å²) in [5.74, 6) is 1.95. The van der Waals surface area contributed by atoms with Gasteiger partial charge in [-0.25, -0.2) is 0 Å². The number of carbonyl (C=O) groups excluding carboxylic acids is 1. The first-order valence-electron chi connectivity index (χ1n) is 6.62. The van der Waals surface area contributed by atoms with E-state index in [1.54, 1.807) is 0 Å². The van der Waals surface area contributed by atoms with Crippen LogP contribution in [0.1, 0.15) is 39.5 Å². The number of rotatable bonds is 6. The number of amides is 1.